The zero-order valence-corrected chi connectivity index (χ0v) is 30.0. The van der Waals surface area contributed by atoms with Crippen LogP contribution in [0.5, 0.6) is 0 Å². The van der Waals surface area contributed by atoms with Crippen molar-refractivity contribution in [3.63, 3.8) is 0 Å². The molecule has 0 bridgehead atoms. The highest BCUT2D eigenvalue weighted by atomic mass is 15.1. The van der Waals surface area contributed by atoms with E-state index in [1.54, 1.807) is 24.8 Å². The number of hydrogen-bond acceptors (Lipinski definition) is 10. The van der Waals surface area contributed by atoms with Gasteiger partial charge in [-0.25, -0.2) is 9.97 Å². The number of anilines is 4. The smallest absolute Gasteiger partial charge is 0.0894 e. The van der Waals surface area contributed by atoms with Crippen molar-refractivity contribution in [3.05, 3.63) is 119 Å². The molecule has 50 heavy (non-hydrogen) atoms. The molecule has 0 saturated carbocycles. The van der Waals surface area contributed by atoms with Gasteiger partial charge in [0, 0.05) is 103 Å². The van der Waals surface area contributed by atoms with Crippen LogP contribution >= 0.6 is 0 Å². The van der Waals surface area contributed by atoms with Crippen LogP contribution in [-0.4, -0.2) is 86.3 Å². The highest BCUT2D eigenvalue weighted by molar-refractivity contribution is 5.85. The summed E-state index contributed by atoms with van der Waals surface area (Å²) >= 11 is 0. The molecule has 0 aliphatic rings. The van der Waals surface area contributed by atoms with Gasteiger partial charge in [0.25, 0.3) is 0 Å². The summed E-state index contributed by atoms with van der Waals surface area (Å²) in [6.45, 7) is 0. The van der Waals surface area contributed by atoms with Gasteiger partial charge in [-0.3, -0.25) is 19.9 Å². The van der Waals surface area contributed by atoms with Crippen molar-refractivity contribution in [2.75, 3.05) is 76.0 Å². The summed E-state index contributed by atoms with van der Waals surface area (Å²) in [6, 6.07) is 7.99. The monoisotopic (exact) mass is 664 g/mol. The number of hydrogen-bond donors (Lipinski definition) is 0. The average molecular weight is 665 g/mol. The summed E-state index contributed by atoms with van der Waals surface area (Å²) in [5, 5.41) is 0. The van der Waals surface area contributed by atoms with Gasteiger partial charge in [0.2, 0.25) is 0 Å². The van der Waals surface area contributed by atoms with Crippen molar-refractivity contribution in [3.8, 4) is 0 Å². The molecule has 0 spiro atoms. The van der Waals surface area contributed by atoms with Crippen LogP contribution in [-0.2, 0) is 0 Å². The fourth-order valence-corrected chi connectivity index (χ4v) is 5.30. The van der Waals surface area contributed by atoms with E-state index in [-0.39, 0.29) is 0 Å². The molecule has 0 fully saturated rings. The highest BCUT2D eigenvalue weighted by Crippen LogP contribution is 2.26. The Morgan fingerprint density at radius 1 is 0.340 bits per heavy atom. The zero-order chi connectivity index (χ0) is 35.6. The van der Waals surface area contributed by atoms with Gasteiger partial charge in [-0.15, -0.1) is 0 Å². The molecule has 10 nitrogen and oxygen atoms in total. The number of rotatable bonds is 12. The van der Waals surface area contributed by atoms with Gasteiger partial charge >= 0.3 is 0 Å². The quantitative estimate of drug-likeness (QED) is 0.139. The van der Waals surface area contributed by atoms with Crippen LogP contribution in [0.4, 0.5) is 22.7 Å². The van der Waals surface area contributed by atoms with Crippen LogP contribution in [0.15, 0.2) is 73.8 Å². The van der Waals surface area contributed by atoms with Gasteiger partial charge in [-0.2, -0.15) is 0 Å². The Balaban J connectivity index is 1.71. The minimum atomic E-state index is 0.723. The molecule has 0 radical (unpaired) electrons. The minimum Gasteiger partial charge on any atom is -0.376 e. The predicted octanol–water partition coefficient (Wildman–Crippen LogP) is 7.00. The van der Waals surface area contributed by atoms with Crippen LogP contribution in [0.2, 0.25) is 0 Å². The van der Waals surface area contributed by atoms with E-state index in [9.17, 15) is 0 Å². The summed E-state index contributed by atoms with van der Waals surface area (Å²) in [7, 11) is 16.1. The van der Waals surface area contributed by atoms with E-state index in [0.29, 0.717) is 0 Å². The maximum atomic E-state index is 5.25. The molecule has 254 valence electrons. The van der Waals surface area contributed by atoms with Gasteiger partial charge in [-0.1, -0.05) is 24.3 Å². The van der Waals surface area contributed by atoms with Gasteiger partial charge < -0.3 is 19.6 Å². The molecule has 0 saturated heterocycles. The van der Waals surface area contributed by atoms with Crippen LogP contribution in [0.1, 0.15) is 45.0 Å². The SMILES string of the molecule is CN(C)c1cnccc1/C=C/c1nc(/C=C/c2ccncc2N(C)C)c(/C=C/c2ccncc2N(C)C)nc1/C=C/c1ccncc1N(C)C. The second-order valence-corrected chi connectivity index (χ2v) is 12.4. The van der Waals surface area contributed by atoms with E-state index in [1.165, 1.54) is 0 Å². The Morgan fingerprint density at radius 3 is 0.760 bits per heavy atom. The third-order valence-electron chi connectivity index (χ3n) is 7.95. The van der Waals surface area contributed by atoms with Crippen LogP contribution < -0.4 is 19.6 Å². The Kier molecular flexibility index (Phi) is 11.5. The molecule has 5 aromatic rings. The fourth-order valence-electron chi connectivity index (χ4n) is 5.30. The molecule has 0 atom stereocenters. The number of aromatic nitrogens is 6. The molecule has 5 aromatic heterocycles. The fraction of sp³-hybridized carbons (Fsp3) is 0.200. The maximum Gasteiger partial charge on any atom is 0.0894 e. The second kappa shape index (κ2) is 16.3. The number of nitrogens with zero attached hydrogens (tertiary/aromatic N) is 10. The molecule has 5 heterocycles. The van der Waals surface area contributed by atoms with E-state index in [1.807, 2.05) is 149 Å². The first kappa shape index (κ1) is 35.2. The second-order valence-electron chi connectivity index (χ2n) is 12.4. The minimum absolute atomic E-state index is 0.723. The molecule has 0 aliphatic heterocycles. The Morgan fingerprint density at radius 2 is 0.560 bits per heavy atom. The lowest BCUT2D eigenvalue weighted by atomic mass is 10.1. The maximum absolute atomic E-state index is 5.25. The molecular formula is C40H44N10. The summed E-state index contributed by atoms with van der Waals surface area (Å²) in [4.78, 5) is 36.0. The predicted molar refractivity (Wildman–Crippen MR) is 212 cm³/mol. The van der Waals surface area contributed by atoms with Crippen molar-refractivity contribution < 1.29 is 0 Å². The molecule has 5 rings (SSSR count). The first-order valence-electron chi connectivity index (χ1n) is 16.2. The van der Waals surface area contributed by atoms with E-state index in [2.05, 4.69) is 44.2 Å². The van der Waals surface area contributed by atoms with Crippen LogP contribution in [0.3, 0.4) is 0 Å². The van der Waals surface area contributed by atoms with Crippen molar-refractivity contribution in [2.24, 2.45) is 0 Å². The molecule has 0 aromatic carbocycles. The summed E-state index contributed by atoms with van der Waals surface area (Å²) in [5.74, 6) is 0. The largest absolute Gasteiger partial charge is 0.376 e. The van der Waals surface area contributed by atoms with Crippen molar-refractivity contribution in [1.29, 1.82) is 0 Å². The van der Waals surface area contributed by atoms with E-state index in [4.69, 9.17) is 9.97 Å². The first-order chi connectivity index (χ1) is 24.1. The normalized spacial score (nSPS) is 11.7. The van der Waals surface area contributed by atoms with Crippen molar-refractivity contribution in [2.45, 2.75) is 0 Å². The van der Waals surface area contributed by atoms with Gasteiger partial charge in [0.1, 0.15) is 0 Å². The Labute approximate surface area is 295 Å². The van der Waals surface area contributed by atoms with Crippen LogP contribution in [0.25, 0.3) is 48.6 Å². The molecule has 0 amide bonds. The highest BCUT2D eigenvalue weighted by Gasteiger charge is 2.11. The van der Waals surface area contributed by atoms with Gasteiger partial charge in [-0.05, 0) is 48.6 Å². The van der Waals surface area contributed by atoms with E-state index in [0.717, 1.165) is 67.8 Å². The molecule has 10 heteroatoms. The van der Waals surface area contributed by atoms with Crippen molar-refractivity contribution in [1.82, 2.24) is 29.9 Å². The third-order valence-corrected chi connectivity index (χ3v) is 7.95. The van der Waals surface area contributed by atoms with E-state index < -0.39 is 0 Å². The zero-order valence-electron chi connectivity index (χ0n) is 30.0. The average Bonchev–Trinajstić information content (AvgIpc) is 3.12. The standard InChI is InChI=1S/C40H44N10/c1-47(2)37-25-41-21-17-29(37)9-13-33-34(14-10-30-18-22-42-26-38(30)48(3)4)46-36(16-12-32-20-24-44-28-40(32)50(7)8)35(45-33)15-11-31-19-23-43-27-39(31)49(5)6/h9-28H,1-8H3/b13-9+,14-10+,15-11+,16-12+. The lowest BCUT2D eigenvalue weighted by molar-refractivity contribution is 1.10. The molecular weight excluding hydrogens is 621 g/mol. The molecule has 0 aliphatic carbocycles. The Bertz CT molecular complexity index is 1750. The molecule has 0 N–H and O–H groups in total. The third kappa shape index (κ3) is 8.65. The molecule has 0 unspecified atom stereocenters. The lowest BCUT2D eigenvalue weighted by Crippen LogP contribution is -2.10. The Hall–Kier alpha value is -6.16. The summed E-state index contributed by atoms with van der Waals surface area (Å²) in [5.41, 5.74) is 11.0. The van der Waals surface area contributed by atoms with E-state index >= 15 is 0 Å². The summed E-state index contributed by atoms with van der Waals surface area (Å²) in [6.07, 6.45) is 30.9. The summed E-state index contributed by atoms with van der Waals surface area (Å²) < 4.78 is 0. The number of pyridine rings is 4. The van der Waals surface area contributed by atoms with Crippen LogP contribution in [0, 0.1) is 0 Å². The van der Waals surface area contributed by atoms with Gasteiger partial charge in [0.05, 0.1) is 70.3 Å². The van der Waals surface area contributed by atoms with Crippen molar-refractivity contribution >= 4 is 71.4 Å². The van der Waals surface area contributed by atoms with Gasteiger partial charge in [0.15, 0.2) is 0 Å². The first-order valence-corrected chi connectivity index (χ1v) is 16.2. The lowest BCUT2D eigenvalue weighted by Gasteiger charge is -2.15. The topological polar surface area (TPSA) is 90.3 Å².